The second-order valence-corrected chi connectivity index (χ2v) is 8.43. The number of nitrogen functional groups attached to an aromatic ring is 1. The molecule has 0 saturated carbocycles. The van der Waals surface area contributed by atoms with E-state index in [2.05, 4.69) is 34.5 Å². The zero-order valence-corrected chi connectivity index (χ0v) is 16.0. The van der Waals surface area contributed by atoms with Gasteiger partial charge in [-0.25, -0.2) is 4.98 Å². The van der Waals surface area contributed by atoms with E-state index in [4.69, 9.17) is 15.7 Å². The molecule has 2 aromatic rings. The van der Waals surface area contributed by atoms with E-state index in [1.807, 2.05) is 0 Å². The Morgan fingerprint density at radius 1 is 1.00 bits per heavy atom. The van der Waals surface area contributed by atoms with Gasteiger partial charge in [-0.2, -0.15) is 4.98 Å². The predicted octanol–water partition coefficient (Wildman–Crippen LogP) is 3.33. The van der Waals surface area contributed by atoms with E-state index >= 15 is 0 Å². The van der Waals surface area contributed by atoms with Crippen LogP contribution in [0.1, 0.15) is 49.7 Å². The van der Waals surface area contributed by atoms with Gasteiger partial charge in [0.1, 0.15) is 5.82 Å². The standard InChI is InChI=1S/C22H29N5/c23-21-25-19-17-9-2-1-7-16(17)8-5-10-18(19)20(26-21)27-14-6-12-22(15-27)11-3-4-13-24-22/h1-2,7,9,24H,3-6,8,10-15H2,(H2,23,25,26)/t22-/m1/s1. The predicted molar refractivity (Wildman–Crippen MR) is 110 cm³/mol. The summed E-state index contributed by atoms with van der Waals surface area (Å²) in [5, 5.41) is 3.84. The lowest BCUT2D eigenvalue weighted by Crippen LogP contribution is -2.59. The lowest BCUT2D eigenvalue weighted by atomic mass is 9.81. The van der Waals surface area contributed by atoms with Crippen LogP contribution >= 0.6 is 0 Å². The maximum atomic E-state index is 6.20. The van der Waals surface area contributed by atoms with Crippen molar-refractivity contribution in [2.75, 3.05) is 30.3 Å². The van der Waals surface area contributed by atoms with Gasteiger partial charge in [0.25, 0.3) is 0 Å². The first kappa shape index (κ1) is 17.0. The molecule has 5 rings (SSSR count). The first-order valence-electron chi connectivity index (χ1n) is 10.5. The number of anilines is 2. The maximum Gasteiger partial charge on any atom is 0.222 e. The van der Waals surface area contributed by atoms with E-state index in [0.29, 0.717) is 5.95 Å². The number of fused-ring (bicyclic) bond motifs is 3. The molecule has 27 heavy (non-hydrogen) atoms. The molecule has 0 bridgehead atoms. The van der Waals surface area contributed by atoms with Crippen molar-refractivity contribution >= 4 is 11.8 Å². The van der Waals surface area contributed by atoms with Gasteiger partial charge in [0.2, 0.25) is 5.95 Å². The molecular formula is C22H29N5. The number of rotatable bonds is 1. The van der Waals surface area contributed by atoms with E-state index in [-0.39, 0.29) is 5.54 Å². The number of hydrogen-bond acceptors (Lipinski definition) is 5. The second-order valence-electron chi connectivity index (χ2n) is 8.43. The summed E-state index contributed by atoms with van der Waals surface area (Å²) in [6.07, 6.45) is 9.65. The summed E-state index contributed by atoms with van der Waals surface area (Å²) in [5.41, 5.74) is 11.4. The van der Waals surface area contributed by atoms with Crippen LogP contribution in [-0.4, -0.2) is 35.1 Å². The van der Waals surface area contributed by atoms with Crippen molar-refractivity contribution in [1.82, 2.24) is 15.3 Å². The van der Waals surface area contributed by atoms with Gasteiger partial charge in [-0.05, 0) is 57.1 Å². The van der Waals surface area contributed by atoms with Crippen LogP contribution in [0.15, 0.2) is 24.3 Å². The summed E-state index contributed by atoms with van der Waals surface area (Å²) in [6.45, 7) is 3.25. The van der Waals surface area contributed by atoms with Gasteiger partial charge in [0.15, 0.2) is 0 Å². The number of nitrogens with two attached hydrogens (primary N) is 1. The van der Waals surface area contributed by atoms with Crippen molar-refractivity contribution in [2.45, 2.75) is 56.9 Å². The number of aryl methyl sites for hydroxylation is 1. The van der Waals surface area contributed by atoms with E-state index in [9.17, 15) is 0 Å². The Balaban J connectivity index is 1.57. The Kier molecular flexibility index (Phi) is 4.27. The van der Waals surface area contributed by atoms with E-state index in [1.54, 1.807) is 0 Å². The molecular weight excluding hydrogens is 334 g/mol. The van der Waals surface area contributed by atoms with Crippen LogP contribution in [0.4, 0.5) is 11.8 Å². The van der Waals surface area contributed by atoms with Crippen LogP contribution in [0.5, 0.6) is 0 Å². The molecule has 1 aliphatic carbocycles. The summed E-state index contributed by atoms with van der Waals surface area (Å²) < 4.78 is 0. The molecule has 2 fully saturated rings. The molecule has 1 aromatic carbocycles. The van der Waals surface area contributed by atoms with Crippen molar-refractivity contribution in [3.8, 4) is 11.3 Å². The molecule has 0 unspecified atom stereocenters. The Morgan fingerprint density at radius 2 is 1.89 bits per heavy atom. The molecule has 2 saturated heterocycles. The Bertz CT molecular complexity index is 835. The minimum Gasteiger partial charge on any atom is -0.368 e. The molecule has 1 aromatic heterocycles. The van der Waals surface area contributed by atoms with Crippen LogP contribution in [-0.2, 0) is 12.8 Å². The van der Waals surface area contributed by atoms with Gasteiger partial charge in [0.05, 0.1) is 5.69 Å². The number of piperidine rings is 2. The first-order chi connectivity index (χ1) is 13.2. The minimum atomic E-state index is 0.256. The molecule has 5 heteroatoms. The van der Waals surface area contributed by atoms with E-state index in [0.717, 1.165) is 50.4 Å². The lowest BCUT2D eigenvalue weighted by molar-refractivity contribution is 0.215. The molecule has 1 atom stereocenters. The molecule has 3 aliphatic rings. The zero-order valence-electron chi connectivity index (χ0n) is 16.0. The minimum absolute atomic E-state index is 0.256. The van der Waals surface area contributed by atoms with Gasteiger partial charge in [-0.1, -0.05) is 30.7 Å². The summed E-state index contributed by atoms with van der Waals surface area (Å²) in [6, 6.07) is 8.65. The SMILES string of the molecule is Nc1nc2c(c(N3CCC[C@]4(CCCCN4)C3)n1)CCCc1ccccc1-2. The zero-order chi connectivity index (χ0) is 18.3. The van der Waals surface area contributed by atoms with Crippen LogP contribution in [0, 0.1) is 0 Å². The molecule has 2 aliphatic heterocycles. The Morgan fingerprint density at radius 3 is 2.78 bits per heavy atom. The summed E-state index contributed by atoms with van der Waals surface area (Å²) in [7, 11) is 0. The topological polar surface area (TPSA) is 67.1 Å². The third-order valence-corrected chi connectivity index (χ3v) is 6.61. The largest absolute Gasteiger partial charge is 0.368 e. The summed E-state index contributed by atoms with van der Waals surface area (Å²) in [4.78, 5) is 12.0. The summed E-state index contributed by atoms with van der Waals surface area (Å²) >= 11 is 0. The molecule has 5 nitrogen and oxygen atoms in total. The van der Waals surface area contributed by atoms with E-state index in [1.165, 1.54) is 48.8 Å². The highest BCUT2D eigenvalue weighted by molar-refractivity contribution is 5.74. The highest BCUT2D eigenvalue weighted by Gasteiger charge is 2.37. The maximum absolute atomic E-state index is 6.20. The average molecular weight is 364 g/mol. The first-order valence-corrected chi connectivity index (χ1v) is 10.5. The molecule has 3 heterocycles. The molecule has 0 radical (unpaired) electrons. The number of nitrogens with one attached hydrogen (secondary N) is 1. The molecule has 3 N–H and O–H groups in total. The number of aromatic nitrogens is 2. The van der Waals surface area contributed by atoms with Crippen molar-refractivity contribution in [3.05, 3.63) is 35.4 Å². The van der Waals surface area contributed by atoms with Crippen LogP contribution < -0.4 is 16.0 Å². The number of benzene rings is 1. The summed E-state index contributed by atoms with van der Waals surface area (Å²) in [5.74, 6) is 1.48. The quantitative estimate of drug-likeness (QED) is 0.813. The average Bonchev–Trinajstić information content (AvgIpc) is 2.88. The van der Waals surface area contributed by atoms with Crippen LogP contribution in [0.25, 0.3) is 11.3 Å². The smallest absolute Gasteiger partial charge is 0.222 e. The highest BCUT2D eigenvalue weighted by Crippen LogP contribution is 2.38. The van der Waals surface area contributed by atoms with Gasteiger partial charge in [0, 0.05) is 29.8 Å². The highest BCUT2D eigenvalue weighted by atomic mass is 15.3. The van der Waals surface area contributed by atoms with Gasteiger partial charge in [-0.3, -0.25) is 0 Å². The third-order valence-electron chi connectivity index (χ3n) is 6.61. The Hall–Kier alpha value is -2.14. The van der Waals surface area contributed by atoms with Gasteiger partial charge < -0.3 is 16.0 Å². The lowest BCUT2D eigenvalue weighted by Gasteiger charge is -2.46. The van der Waals surface area contributed by atoms with Crippen molar-refractivity contribution in [1.29, 1.82) is 0 Å². The van der Waals surface area contributed by atoms with Crippen LogP contribution in [0.2, 0.25) is 0 Å². The molecule has 1 spiro atoms. The van der Waals surface area contributed by atoms with E-state index < -0.39 is 0 Å². The van der Waals surface area contributed by atoms with Crippen molar-refractivity contribution in [2.24, 2.45) is 0 Å². The van der Waals surface area contributed by atoms with Gasteiger partial charge in [-0.15, -0.1) is 0 Å². The van der Waals surface area contributed by atoms with Crippen LogP contribution in [0.3, 0.4) is 0 Å². The third kappa shape index (κ3) is 3.08. The Labute approximate surface area is 161 Å². The van der Waals surface area contributed by atoms with Gasteiger partial charge >= 0.3 is 0 Å². The molecule has 0 amide bonds. The number of nitrogens with zero attached hydrogens (tertiary/aromatic N) is 3. The fraction of sp³-hybridized carbons (Fsp3) is 0.545. The molecule has 142 valence electrons. The fourth-order valence-corrected chi connectivity index (χ4v) is 5.32. The monoisotopic (exact) mass is 363 g/mol. The fourth-order valence-electron chi connectivity index (χ4n) is 5.32. The van der Waals surface area contributed by atoms with Crippen molar-refractivity contribution in [3.63, 3.8) is 0 Å². The number of hydrogen-bond donors (Lipinski definition) is 2. The second kappa shape index (κ2) is 6.79. The van der Waals surface area contributed by atoms with Crippen molar-refractivity contribution < 1.29 is 0 Å². The normalized spacial score (nSPS) is 25.0.